The number of hydrogen-bond acceptors (Lipinski definition) is 5. The third kappa shape index (κ3) is 8.30. The Morgan fingerprint density at radius 1 is 1.15 bits per heavy atom. The summed E-state index contributed by atoms with van der Waals surface area (Å²) < 4.78 is 16.3. The zero-order valence-corrected chi connectivity index (χ0v) is 16.4. The third-order valence-corrected chi connectivity index (χ3v) is 4.03. The van der Waals surface area contributed by atoms with Crippen LogP contribution in [0.25, 0.3) is 0 Å². The van der Waals surface area contributed by atoms with Crippen molar-refractivity contribution in [3.8, 4) is 0 Å². The van der Waals surface area contributed by atoms with Crippen LogP contribution >= 0.6 is 0 Å². The van der Waals surface area contributed by atoms with Crippen LogP contribution in [0.1, 0.15) is 39.2 Å². The molecule has 1 saturated heterocycles. The molecule has 7 heteroatoms. The molecule has 2 rings (SSSR count). The number of rotatable bonds is 6. The van der Waals surface area contributed by atoms with Crippen LogP contribution in [-0.2, 0) is 20.8 Å². The van der Waals surface area contributed by atoms with Crippen LogP contribution in [0.2, 0.25) is 0 Å². The van der Waals surface area contributed by atoms with E-state index in [1.54, 1.807) is 4.90 Å². The van der Waals surface area contributed by atoms with E-state index in [9.17, 15) is 9.59 Å². The second-order valence-electron chi connectivity index (χ2n) is 7.53. The molecule has 2 amide bonds. The number of ether oxygens (including phenoxy) is 3. The Morgan fingerprint density at radius 3 is 2.44 bits per heavy atom. The molecule has 0 aromatic heterocycles. The first-order valence-electron chi connectivity index (χ1n) is 9.37. The first kappa shape index (κ1) is 21.0. The lowest BCUT2D eigenvalue weighted by Crippen LogP contribution is -2.41. The molecular formula is C20H30N2O5. The molecule has 0 saturated carbocycles. The first-order chi connectivity index (χ1) is 12.8. The monoisotopic (exact) mass is 378 g/mol. The number of likely N-dealkylation sites (tertiary alicyclic amines) is 1. The van der Waals surface area contributed by atoms with Crippen molar-refractivity contribution in [2.45, 2.75) is 51.9 Å². The maximum atomic E-state index is 12.1. The van der Waals surface area contributed by atoms with Crippen molar-refractivity contribution in [2.24, 2.45) is 0 Å². The molecule has 1 N–H and O–H groups in total. The van der Waals surface area contributed by atoms with Gasteiger partial charge in [-0.2, -0.15) is 0 Å². The van der Waals surface area contributed by atoms with Gasteiger partial charge >= 0.3 is 12.2 Å². The van der Waals surface area contributed by atoms with Gasteiger partial charge in [0.05, 0.1) is 12.7 Å². The molecule has 7 nitrogen and oxygen atoms in total. The van der Waals surface area contributed by atoms with Crippen LogP contribution in [0, 0.1) is 0 Å². The largest absolute Gasteiger partial charge is 0.445 e. The van der Waals surface area contributed by atoms with Crippen LogP contribution in [0.3, 0.4) is 0 Å². The maximum Gasteiger partial charge on any atom is 0.410 e. The molecular weight excluding hydrogens is 348 g/mol. The maximum absolute atomic E-state index is 12.1. The second-order valence-corrected chi connectivity index (χ2v) is 7.53. The van der Waals surface area contributed by atoms with E-state index >= 15 is 0 Å². The highest BCUT2D eigenvalue weighted by molar-refractivity contribution is 5.68. The molecule has 1 aliphatic rings. The molecule has 0 bridgehead atoms. The second kappa shape index (κ2) is 10.2. The molecule has 27 heavy (non-hydrogen) atoms. The minimum Gasteiger partial charge on any atom is -0.445 e. The van der Waals surface area contributed by atoms with Crippen LogP contribution in [0.4, 0.5) is 9.59 Å². The zero-order chi connectivity index (χ0) is 19.7. The van der Waals surface area contributed by atoms with Gasteiger partial charge in [0.25, 0.3) is 0 Å². The lowest BCUT2D eigenvalue weighted by molar-refractivity contribution is 0.00417. The fraction of sp³-hybridized carbons (Fsp3) is 0.600. The number of alkyl carbamates (subject to hydrolysis) is 1. The summed E-state index contributed by atoms with van der Waals surface area (Å²) in [6.45, 7) is 7.78. The van der Waals surface area contributed by atoms with Crippen molar-refractivity contribution < 1.29 is 23.8 Å². The van der Waals surface area contributed by atoms with Gasteiger partial charge in [-0.1, -0.05) is 30.3 Å². The number of piperidine rings is 1. The number of nitrogens with zero attached hydrogens (tertiary/aromatic N) is 1. The summed E-state index contributed by atoms with van der Waals surface area (Å²) in [5.74, 6) is 0. The predicted octanol–water partition coefficient (Wildman–Crippen LogP) is 3.33. The topological polar surface area (TPSA) is 77.1 Å². The van der Waals surface area contributed by atoms with E-state index in [-0.39, 0.29) is 18.8 Å². The smallest absolute Gasteiger partial charge is 0.410 e. The summed E-state index contributed by atoms with van der Waals surface area (Å²) in [6, 6.07) is 9.63. The van der Waals surface area contributed by atoms with E-state index in [1.807, 2.05) is 51.1 Å². The minimum absolute atomic E-state index is 0.0867. The summed E-state index contributed by atoms with van der Waals surface area (Å²) in [5.41, 5.74) is 0.467. The molecule has 1 heterocycles. The molecule has 0 aliphatic carbocycles. The van der Waals surface area contributed by atoms with Gasteiger partial charge in [0.15, 0.2) is 0 Å². The fourth-order valence-electron chi connectivity index (χ4n) is 2.71. The number of amides is 2. The molecule has 150 valence electrons. The van der Waals surface area contributed by atoms with Gasteiger partial charge in [-0.3, -0.25) is 0 Å². The first-order valence-corrected chi connectivity index (χ1v) is 9.37. The summed E-state index contributed by atoms with van der Waals surface area (Å²) in [4.78, 5) is 25.4. The number of benzene rings is 1. The molecule has 1 aromatic carbocycles. The Balaban J connectivity index is 1.57. The van der Waals surface area contributed by atoms with Crippen LogP contribution in [-0.4, -0.2) is 55.0 Å². The Labute approximate surface area is 161 Å². The van der Waals surface area contributed by atoms with E-state index in [2.05, 4.69) is 5.32 Å². The lowest BCUT2D eigenvalue weighted by Gasteiger charge is -2.31. The Morgan fingerprint density at radius 2 is 1.81 bits per heavy atom. The van der Waals surface area contributed by atoms with Gasteiger partial charge in [0, 0.05) is 19.6 Å². The number of carbonyl (C=O) groups is 2. The standard InChI is InChI=1S/C20H30N2O5/c1-20(2,3)27-18(23)21-11-14-25-17-9-12-22(13-10-17)19(24)26-15-16-7-5-4-6-8-16/h4-8,17H,9-15H2,1-3H3,(H,21,23). The molecule has 1 aliphatic heterocycles. The fourth-order valence-corrected chi connectivity index (χ4v) is 2.71. The normalized spacial score (nSPS) is 15.3. The predicted molar refractivity (Wildman–Crippen MR) is 101 cm³/mol. The van der Waals surface area contributed by atoms with E-state index < -0.39 is 11.7 Å². The van der Waals surface area contributed by atoms with Crippen molar-refractivity contribution in [3.63, 3.8) is 0 Å². The average molecular weight is 378 g/mol. The van der Waals surface area contributed by atoms with Crippen molar-refractivity contribution >= 4 is 12.2 Å². The van der Waals surface area contributed by atoms with Crippen molar-refractivity contribution in [2.75, 3.05) is 26.2 Å². The summed E-state index contributed by atoms with van der Waals surface area (Å²) in [5, 5.41) is 2.67. The van der Waals surface area contributed by atoms with Gasteiger partial charge in [0.1, 0.15) is 12.2 Å². The molecule has 0 unspecified atom stereocenters. The van der Waals surface area contributed by atoms with Crippen LogP contribution in [0.15, 0.2) is 30.3 Å². The van der Waals surface area contributed by atoms with Gasteiger partial charge in [-0.05, 0) is 39.2 Å². The summed E-state index contributed by atoms with van der Waals surface area (Å²) in [6.07, 6.45) is 0.870. The molecule has 1 aromatic rings. The van der Waals surface area contributed by atoms with Gasteiger partial charge in [0.2, 0.25) is 0 Å². The molecule has 0 atom stereocenters. The number of carbonyl (C=O) groups excluding carboxylic acids is 2. The quantitative estimate of drug-likeness (QED) is 0.769. The van der Waals surface area contributed by atoms with Gasteiger partial charge in [-0.15, -0.1) is 0 Å². The van der Waals surface area contributed by atoms with E-state index in [1.165, 1.54) is 0 Å². The minimum atomic E-state index is -0.507. The van der Waals surface area contributed by atoms with Crippen molar-refractivity contribution in [1.29, 1.82) is 0 Å². The highest BCUT2D eigenvalue weighted by Crippen LogP contribution is 2.15. The van der Waals surface area contributed by atoms with Crippen LogP contribution in [0.5, 0.6) is 0 Å². The van der Waals surface area contributed by atoms with E-state index in [0.29, 0.717) is 26.2 Å². The lowest BCUT2D eigenvalue weighted by atomic mass is 10.1. The average Bonchev–Trinajstić information content (AvgIpc) is 2.63. The molecule has 1 fully saturated rings. The van der Waals surface area contributed by atoms with Crippen LogP contribution < -0.4 is 5.32 Å². The molecule has 0 spiro atoms. The van der Waals surface area contributed by atoms with Crippen molar-refractivity contribution in [3.05, 3.63) is 35.9 Å². The van der Waals surface area contributed by atoms with E-state index in [0.717, 1.165) is 18.4 Å². The van der Waals surface area contributed by atoms with Crippen molar-refractivity contribution in [1.82, 2.24) is 10.2 Å². The van der Waals surface area contributed by atoms with E-state index in [4.69, 9.17) is 14.2 Å². The zero-order valence-electron chi connectivity index (χ0n) is 16.4. The number of hydrogen-bond donors (Lipinski definition) is 1. The Bertz CT molecular complexity index is 592. The Hall–Kier alpha value is -2.28. The third-order valence-electron chi connectivity index (χ3n) is 4.03. The molecule has 0 radical (unpaired) electrons. The SMILES string of the molecule is CC(C)(C)OC(=O)NCCOC1CCN(C(=O)OCc2ccccc2)CC1. The highest BCUT2D eigenvalue weighted by Gasteiger charge is 2.24. The van der Waals surface area contributed by atoms with Gasteiger partial charge in [-0.25, -0.2) is 9.59 Å². The number of nitrogens with one attached hydrogen (secondary N) is 1. The summed E-state index contributed by atoms with van der Waals surface area (Å²) >= 11 is 0. The Kier molecular flexibility index (Phi) is 7.91. The van der Waals surface area contributed by atoms with Gasteiger partial charge < -0.3 is 24.4 Å². The highest BCUT2D eigenvalue weighted by atomic mass is 16.6. The summed E-state index contributed by atoms with van der Waals surface area (Å²) in [7, 11) is 0.